The zero-order chi connectivity index (χ0) is 25.8. The van der Waals surface area contributed by atoms with Crippen LogP contribution in [0.25, 0.3) is 0 Å². The summed E-state index contributed by atoms with van der Waals surface area (Å²) in [5.74, 6) is -0.0137. The van der Waals surface area contributed by atoms with Crippen molar-refractivity contribution in [2.24, 2.45) is 5.10 Å². The summed E-state index contributed by atoms with van der Waals surface area (Å²) in [6, 6.07) is 34.9. The van der Waals surface area contributed by atoms with Crippen LogP contribution >= 0.6 is 23.5 Å². The molecular formula is C32H28N2OS2. The second kappa shape index (κ2) is 8.93. The average molecular weight is 521 g/mol. The van der Waals surface area contributed by atoms with E-state index in [2.05, 4.69) is 123 Å². The van der Waals surface area contributed by atoms with Crippen LogP contribution in [0.3, 0.4) is 0 Å². The van der Waals surface area contributed by atoms with E-state index in [4.69, 9.17) is 5.10 Å². The monoisotopic (exact) mass is 520 g/mol. The van der Waals surface area contributed by atoms with Crippen LogP contribution < -0.4 is 5.01 Å². The van der Waals surface area contributed by atoms with Crippen LogP contribution in [0.2, 0.25) is 0 Å². The molecular weight excluding hydrogens is 492 g/mol. The number of fused-ring (bicyclic) bond motifs is 2. The maximum Gasteiger partial charge on any atom is 0.187 e. The Morgan fingerprint density at radius 2 is 1.19 bits per heavy atom. The van der Waals surface area contributed by atoms with Gasteiger partial charge in [-0.05, 0) is 49.6 Å². The predicted octanol–water partition coefficient (Wildman–Crippen LogP) is 7.92. The average Bonchev–Trinajstić information content (AvgIpc) is 3.43. The summed E-state index contributed by atoms with van der Waals surface area (Å²) in [6.07, 6.45) is 0. The van der Waals surface area contributed by atoms with Crippen LogP contribution in [0.15, 0.2) is 102 Å². The molecule has 6 rings (SSSR count). The Morgan fingerprint density at radius 1 is 0.703 bits per heavy atom. The maximum atomic E-state index is 12.7. The Labute approximate surface area is 227 Å². The van der Waals surface area contributed by atoms with E-state index in [0.29, 0.717) is 5.04 Å². The molecule has 184 valence electrons. The maximum absolute atomic E-state index is 12.7. The minimum Gasteiger partial charge on any atom is -0.292 e. The van der Waals surface area contributed by atoms with E-state index in [0.717, 1.165) is 5.69 Å². The van der Waals surface area contributed by atoms with Gasteiger partial charge < -0.3 is 0 Å². The molecule has 0 amide bonds. The molecule has 0 N–H and O–H groups in total. The van der Waals surface area contributed by atoms with Crippen molar-refractivity contribution in [3.05, 3.63) is 136 Å². The summed E-state index contributed by atoms with van der Waals surface area (Å²) in [5, 5.41) is 7.55. The molecule has 37 heavy (non-hydrogen) atoms. The van der Waals surface area contributed by atoms with Crippen LogP contribution in [0, 0.1) is 20.8 Å². The Kier molecular flexibility index (Phi) is 5.81. The molecule has 3 nitrogen and oxygen atoms in total. The fourth-order valence-electron chi connectivity index (χ4n) is 5.20. The number of hydrogen-bond donors (Lipinski definition) is 0. The molecule has 4 aromatic rings. The molecule has 0 aliphatic carbocycles. The highest BCUT2D eigenvalue weighted by Crippen LogP contribution is 2.70. The molecule has 0 unspecified atom stereocenters. The quantitative estimate of drug-likeness (QED) is 0.274. The van der Waals surface area contributed by atoms with Crippen molar-refractivity contribution in [2.45, 2.75) is 36.6 Å². The first-order valence-electron chi connectivity index (χ1n) is 12.4. The van der Waals surface area contributed by atoms with E-state index < -0.39 is 8.95 Å². The third-order valence-corrected chi connectivity index (χ3v) is 10.5. The fraction of sp³-hybridized carbons (Fsp3) is 0.188. The highest BCUT2D eigenvalue weighted by atomic mass is 32.2. The number of anilines is 1. The van der Waals surface area contributed by atoms with Crippen molar-refractivity contribution < 1.29 is 4.79 Å². The number of Topliss-reactive ketones (excluding diaryl/α,β-unsaturated/α-hetero) is 1. The third-order valence-electron chi connectivity index (χ3n) is 7.14. The number of rotatable bonds is 4. The molecule has 1 spiro atoms. The van der Waals surface area contributed by atoms with Crippen LogP contribution in [0.1, 0.15) is 45.9 Å². The topological polar surface area (TPSA) is 32.7 Å². The molecule has 0 bridgehead atoms. The summed E-state index contributed by atoms with van der Waals surface area (Å²) in [5.41, 5.74) is 9.46. The van der Waals surface area contributed by atoms with Crippen molar-refractivity contribution in [1.29, 1.82) is 0 Å². The van der Waals surface area contributed by atoms with Gasteiger partial charge >= 0.3 is 0 Å². The van der Waals surface area contributed by atoms with Crippen LogP contribution in [0.4, 0.5) is 5.69 Å². The number of hydrogen-bond acceptors (Lipinski definition) is 5. The Balaban J connectivity index is 1.64. The molecule has 2 aliphatic heterocycles. The summed E-state index contributed by atoms with van der Waals surface area (Å²) in [4.78, 5) is 12.7. The number of aryl methyl sites for hydroxylation is 3. The first-order chi connectivity index (χ1) is 17.8. The normalized spacial score (nSPS) is 19.7. The van der Waals surface area contributed by atoms with Crippen LogP contribution in [0.5, 0.6) is 0 Å². The fourth-order valence-corrected chi connectivity index (χ4v) is 8.75. The van der Waals surface area contributed by atoms with Gasteiger partial charge in [-0.1, -0.05) is 125 Å². The molecule has 0 aromatic heterocycles. The van der Waals surface area contributed by atoms with Crippen molar-refractivity contribution in [1.82, 2.24) is 0 Å². The smallest absolute Gasteiger partial charge is 0.187 e. The van der Waals surface area contributed by atoms with E-state index in [-0.39, 0.29) is 5.78 Å². The lowest BCUT2D eigenvalue weighted by Gasteiger charge is -2.37. The highest BCUT2D eigenvalue weighted by molar-refractivity contribution is 8.27. The molecule has 4 aromatic carbocycles. The van der Waals surface area contributed by atoms with Gasteiger partial charge in [-0.3, -0.25) is 4.79 Å². The molecule has 5 heteroatoms. The number of hydrazone groups is 1. The standard InChI is InChI=1S/C32H28N2OS2/c1-21-9-15-25(16-10-21)31(26-17-11-22(2)12-18-26)28-7-5-6-8-29(28)32(37-31)34(33-30(36-32)24(4)35)27-19-13-23(3)14-20-27/h5-20H,1-4H3/t32-/m1/s1. The van der Waals surface area contributed by atoms with Crippen molar-refractivity contribution in [3.63, 3.8) is 0 Å². The third kappa shape index (κ3) is 3.75. The number of carbonyl (C=O) groups excluding carboxylic acids is 1. The molecule has 0 radical (unpaired) electrons. The van der Waals surface area contributed by atoms with Gasteiger partial charge in [-0.15, -0.1) is 0 Å². The molecule has 1 atom stereocenters. The first kappa shape index (κ1) is 24.1. The Hall–Kier alpha value is -3.28. The lowest BCUT2D eigenvalue weighted by molar-refractivity contribution is -0.110. The van der Waals surface area contributed by atoms with Gasteiger partial charge in [0.2, 0.25) is 0 Å². The summed E-state index contributed by atoms with van der Waals surface area (Å²) < 4.78 is -1.11. The zero-order valence-corrected chi connectivity index (χ0v) is 23.0. The minimum atomic E-state index is -0.636. The number of carbonyl (C=O) groups is 1. The van der Waals surface area contributed by atoms with E-state index in [1.807, 2.05) is 11.8 Å². The number of benzene rings is 4. The van der Waals surface area contributed by atoms with E-state index in [1.165, 1.54) is 38.9 Å². The van der Waals surface area contributed by atoms with Crippen LogP contribution in [-0.4, -0.2) is 10.8 Å². The second-order valence-corrected chi connectivity index (χ2v) is 12.7. The Bertz CT molecular complexity index is 1480. The minimum absolute atomic E-state index is 0.0137. The first-order valence-corrected chi connectivity index (χ1v) is 14.1. The number of nitrogens with zero attached hydrogens (tertiary/aromatic N) is 2. The van der Waals surface area contributed by atoms with Crippen molar-refractivity contribution in [2.75, 3.05) is 5.01 Å². The van der Waals surface area contributed by atoms with Gasteiger partial charge in [-0.2, -0.15) is 5.10 Å². The largest absolute Gasteiger partial charge is 0.292 e. The number of ketones is 1. The molecule has 0 saturated heterocycles. The molecule has 0 fully saturated rings. The SMILES string of the molecule is CC(=O)C1=NN(c2ccc(C)cc2)[C@]2(S1)SC(c1ccc(C)cc1)(c1ccc(C)cc1)c1ccccc12. The van der Waals surface area contributed by atoms with Gasteiger partial charge in [0.1, 0.15) is 0 Å². The van der Waals surface area contributed by atoms with Crippen LogP contribution in [-0.2, 0) is 13.7 Å². The van der Waals surface area contributed by atoms with Gasteiger partial charge in [0.05, 0.1) is 10.4 Å². The summed E-state index contributed by atoms with van der Waals surface area (Å²) in [6.45, 7) is 7.94. The lowest BCUT2D eigenvalue weighted by atomic mass is 9.81. The highest BCUT2D eigenvalue weighted by Gasteiger charge is 2.61. The summed E-state index contributed by atoms with van der Waals surface area (Å²) >= 11 is 3.43. The van der Waals surface area contributed by atoms with Gasteiger partial charge in [0.15, 0.2) is 15.0 Å². The molecule has 2 aliphatic rings. The second-order valence-electron chi connectivity index (χ2n) is 9.85. The zero-order valence-electron chi connectivity index (χ0n) is 21.4. The Morgan fingerprint density at radius 3 is 1.70 bits per heavy atom. The molecule has 0 saturated carbocycles. The van der Waals surface area contributed by atoms with Crippen molar-refractivity contribution in [3.8, 4) is 0 Å². The summed E-state index contributed by atoms with van der Waals surface area (Å²) in [7, 11) is 0. The number of thioether (sulfide) groups is 2. The van der Waals surface area contributed by atoms with Gasteiger partial charge in [0, 0.05) is 12.5 Å². The predicted molar refractivity (Wildman–Crippen MR) is 157 cm³/mol. The van der Waals surface area contributed by atoms with E-state index >= 15 is 0 Å². The van der Waals surface area contributed by atoms with Gasteiger partial charge in [-0.25, -0.2) is 5.01 Å². The van der Waals surface area contributed by atoms with Crippen molar-refractivity contribution >= 4 is 40.0 Å². The lowest BCUT2D eigenvalue weighted by Crippen LogP contribution is -2.34. The van der Waals surface area contributed by atoms with E-state index in [9.17, 15) is 4.79 Å². The van der Waals surface area contributed by atoms with E-state index in [1.54, 1.807) is 18.7 Å². The van der Waals surface area contributed by atoms with Gasteiger partial charge in [0.25, 0.3) is 0 Å². The molecule has 2 heterocycles.